The van der Waals surface area contributed by atoms with Gasteiger partial charge in [-0.2, -0.15) is 0 Å². The number of rotatable bonds is 9. The lowest BCUT2D eigenvalue weighted by molar-refractivity contribution is -0.384. The van der Waals surface area contributed by atoms with Gasteiger partial charge in [0.1, 0.15) is 0 Å². The zero-order chi connectivity index (χ0) is 19.8. The van der Waals surface area contributed by atoms with Crippen LogP contribution in [0.1, 0.15) is 26.2 Å². The number of likely N-dealkylation sites (tertiary alicyclic amines) is 1. The Labute approximate surface area is 170 Å². The average Bonchev–Trinajstić information content (AvgIpc) is 2.65. The summed E-state index contributed by atoms with van der Waals surface area (Å²) in [6.07, 6.45) is 2.13. The van der Waals surface area contributed by atoms with E-state index in [0.29, 0.717) is 25.2 Å². The molecule has 28 heavy (non-hydrogen) atoms. The highest BCUT2D eigenvalue weighted by Gasteiger charge is 2.25. The third-order valence-corrected chi connectivity index (χ3v) is 4.84. The second-order valence-electron chi connectivity index (χ2n) is 6.63. The molecule has 1 aromatic rings. The molecular weight excluding hydrogens is 388 g/mol. The highest BCUT2D eigenvalue weighted by atomic mass is 35.5. The number of anilines is 1. The van der Waals surface area contributed by atoms with Crippen LogP contribution in [0.4, 0.5) is 11.4 Å². The number of benzene rings is 1. The number of halogens is 1. The van der Waals surface area contributed by atoms with Crippen molar-refractivity contribution in [1.82, 2.24) is 9.80 Å². The molecule has 0 atom stereocenters. The number of nitro benzene ring substituents is 1. The molecule has 0 saturated carbocycles. The number of nitrogens with zero attached hydrogens (tertiary/aromatic N) is 3. The van der Waals surface area contributed by atoms with Gasteiger partial charge in [-0.15, -0.1) is 12.4 Å². The Kier molecular flexibility index (Phi) is 9.84. The molecule has 0 bridgehead atoms. The molecule has 156 valence electrons. The summed E-state index contributed by atoms with van der Waals surface area (Å²) in [6, 6.07) is 6.02. The maximum absolute atomic E-state index is 12.1. The van der Waals surface area contributed by atoms with Gasteiger partial charge in [0.25, 0.3) is 5.69 Å². The fraction of sp³-hybridized carbons (Fsp3) is 0.556. The van der Waals surface area contributed by atoms with Crippen molar-refractivity contribution in [2.45, 2.75) is 32.2 Å². The number of carbonyl (C=O) groups is 2. The molecule has 9 nitrogen and oxygen atoms in total. The number of non-ortho nitro benzene ring substituents is 1. The summed E-state index contributed by atoms with van der Waals surface area (Å²) in [5.74, 6) is -0.936. The van der Waals surface area contributed by atoms with Crippen molar-refractivity contribution in [3.05, 3.63) is 34.4 Å². The molecule has 2 rings (SSSR count). The van der Waals surface area contributed by atoms with Crippen molar-refractivity contribution >= 4 is 35.7 Å². The molecule has 0 unspecified atom stereocenters. The van der Waals surface area contributed by atoms with Gasteiger partial charge in [0.15, 0.2) is 0 Å². The second-order valence-corrected chi connectivity index (χ2v) is 6.63. The minimum absolute atomic E-state index is 0. The predicted octanol–water partition coefficient (Wildman–Crippen LogP) is 2.22. The Bertz CT molecular complexity index is 662. The minimum Gasteiger partial charge on any atom is -0.480 e. The molecule has 0 radical (unpaired) electrons. The molecule has 1 aliphatic heterocycles. The van der Waals surface area contributed by atoms with Crippen molar-refractivity contribution in [3.8, 4) is 0 Å². The zero-order valence-electron chi connectivity index (χ0n) is 15.9. The first-order valence-electron chi connectivity index (χ1n) is 9.11. The molecule has 1 amide bonds. The van der Waals surface area contributed by atoms with Crippen molar-refractivity contribution in [1.29, 1.82) is 0 Å². The monoisotopic (exact) mass is 414 g/mol. The summed E-state index contributed by atoms with van der Waals surface area (Å²) in [5, 5.41) is 22.3. The maximum atomic E-state index is 12.1. The third kappa shape index (κ3) is 7.41. The quantitative estimate of drug-likeness (QED) is 0.470. The Morgan fingerprint density at radius 1 is 1.29 bits per heavy atom. The lowest BCUT2D eigenvalue weighted by atomic mass is 10.0. The van der Waals surface area contributed by atoms with E-state index in [1.807, 2.05) is 11.8 Å². The number of nitro groups is 1. The van der Waals surface area contributed by atoms with Crippen LogP contribution in [-0.2, 0) is 9.59 Å². The molecular formula is C18H27ClN4O5. The molecule has 1 aromatic carbocycles. The molecule has 1 fully saturated rings. The Morgan fingerprint density at radius 3 is 2.39 bits per heavy atom. The molecule has 0 spiro atoms. The number of carboxylic acids is 1. The van der Waals surface area contributed by atoms with Crippen molar-refractivity contribution in [3.63, 3.8) is 0 Å². The number of carboxylic acid groups (broad SMARTS) is 1. The molecule has 2 N–H and O–H groups in total. The van der Waals surface area contributed by atoms with Crippen LogP contribution in [0.15, 0.2) is 24.3 Å². The summed E-state index contributed by atoms with van der Waals surface area (Å²) in [4.78, 5) is 37.3. The fourth-order valence-corrected chi connectivity index (χ4v) is 3.33. The van der Waals surface area contributed by atoms with Gasteiger partial charge in [-0.25, -0.2) is 0 Å². The van der Waals surface area contributed by atoms with Crippen LogP contribution in [0, 0.1) is 10.1 Å². The first kappa shape index (κ1) is 23.8. The molecule has 1 heterocycles. The number of aliphatic carboxylic acids is 1. The molecule has 1 aliphatic rings. The van der Waals surface area contributed by atoms with Crippen LogP contribution in [0.3, 0.4) is 0 Å². The number of likely N-dealkylation sites (N-methyl/N-ethyl adjacent to an activating group) is 1. The number of amides is 1. The van der Waals surface area contributed by atoms with Crippen molar-refractivity contribution in [2.75, 3.05) is 38.0 Å². The molecule has 0 aromatic heterocycles. The van der Waals surface area contributed by atoms with E-state index in [2.05, 4.69) is 10.2 Å². The predicted molar refractivity (Wildman–Crippen MR) is 108 cm³/mol. The van der Waals surface area contributed by atoms with E-state index >= 15 is 0 Å². The van der Waals surface area contributed by atoms with Gasteiger partial charge in [-0.3, -0.25) is 24.6 Å². The average molecular weight is 415 g/mol. The van der Waals surface area contributed by atoms with Crippen LogP contribution in [0.2, 0.25) is 0 Å². The van der Waals surface area contributed by atoms with E-state index in [1.54, 1.807) is 0 Å². The van der Waals surface area contributed by atoms with Crippen LogP contribution in [0.25, 0.3) is 0 Å². The van der Waals surface area contributed by atoms with Gasteiger partial charge in [0, 0.05) is 36.8 Å². The highest BCUT2D eigenvalue weighted by molar-refractivity contribution is 5.90. The first-order valence-corrected chi connectivity index (χ1v) is 9.11. The van der Waals surface area contributed by atoms with Gasteiger partial charge in [0.05, 0.1) is 11.5 Å². The molecule has 1 saturated heterocycles. The van der Waals surface area contributed by atoms with Gasteiger partial charge in [-0.1, -0.05) is 6.92 Å². The third-order valence-electron chi connectivity index (χ3n) is 4.84. The van der Waals surface area contributed by atoms with Crippen LogP contribution < -0.4 is 5.32 Å². The van der Waals surface area contributed by atoms with Crippen LogP contribution in [-0.4, -0.2) is 70.5 Å². The number of piperidine rings is 1. The van der Waals surface area contributed by atoms with E-state index in [1.165, 1.54) is 24.3 Å². The standard InChI is InChI=1S/C18H26N4O5.ClH/c1-2-21(13-18(24)25)15-7-10-20(11-8-15)12-9-17(23)19-14-3-5-16(6-4-14)22(26)27;/h3-6,15H,2,7-13H2,1H3,(H,19,23)(H,24,25);1H. The van der Waals surface area contributed by atoms with E-state index in [4.69, 9.17) is 5.11 Å². The van der Waals surface area contributed by atoms with E-state index in [-0.39, 0.29) is 36.6 Å². The lowest BCUT2D eigenvalue weighted by Gasteiger charge is -2.37. The summed E-state index contributed by atoms with van der Waals surface area (Å²) < 4.78 is 0. The number of hydrogen-bond acceptors (Lipinski definition) is 6. The Morgan fingerprint density at radius 2 is 1.89 bits per heavy atom. The number of nitrogens with one attached hydrogen (secondary N) is 1. The first-order chi connectivity index (χ1) is 12.9. The van der Waals surface area contributed by atoms with Gasteiger partial charge >= 0.3 is 5.97 Å². The molecule has 0 aliphatic carbocycles. The van der Waals surface area contributed by atoms with Crippen molar-refractivity contribution in [2.24, 2.45) is 0 Å². The van der Waals surface area contributed by atoms with Gasteiger partial charge < -0.3 is 15.3 Å². The highest BCUT2D eigenvalue weighted by Crippen LogP contribution is 2.18. The van der Waals surface area contributed by atoms with E-state index in [0.717, 1.165) is 25.9 Å². The molecule has 10 heteroatoms. The van der Waals surface area contributed by atoms with E-state index in [9.17, 15) is 19.7 Å². The van der Waals surface area contributed by atoms with E-state index < -0.39 is 10.9 Å². The summed E-state index contributed by atoms with van der Waals surface area (Å²) in [6.45, 7) is 5.07. The summed E-state index contributed by atoms with van der Waals surface area (Å²) in [7, 11) is 0. The van der Waals surface area contributed by atoms with Crippen molar-refractivity contribution < 1.29 is 19.6 Å². The number of hydrogen-bond donors (Lipinski definition) is 2. The smallest absolute Gasteiger partial charge is 0.317 e. The topological polar surface area (TPSA) is 116 Å². The van der Waals surface area contributed by atoms with Gasteiger partial charge in [0.2, 0.25) is 5.91 Å². The minimum atomic E-state index is -0.804. The second kappa shape index (κ2) is 11.6. The fourth-order valence-electron chi connectivity index (χ4n) is 3.33. The zero-order valence-corrected chi connectivity index (χ0v) is 16.7. The largest absolute Gasteiger partial charge is 0.480 e. The van der Waals surface area contributed by atoms with Crippen LogP contribution >= 0.6 is 12.4 Å². The summed E-state index contributed by atoms with van der Waals surface area (Å²) >= 11 is 0. The SMILES string of the molecule is CCN(CC(=O)O)C1CCN(CCC(=O)Nc2ccc([N+](=O)[O-])cc2)CC1.Cl. The maximum Gasteiger partial charge on any atom is 0.317 e. The Hall–Kier alpha value is -2.23. The Balaban J connectivity index is 0.00000392. The summed E-state index contributed by atoms with van der Waals surface area (Å²) in [5.41, 5.74) is 0.524. The lowest BCUT2D eigenvalue weighted by Crippen LogP contribution is -2.47. The number of carbonyl (C=O) groups excluding carboxylic acids is 1. The van der Waals surface area contributed by atoms with Crippen LogP contribution in [0.5, 0.6) is 0 Å². The van der Waals surface area contributed by atoms with Gasteiger partial charge in [-0.05, 0) is 44.6 Å². The normalized spacial score (nSPS) is 15.1.